The van der Waals surface area contributed by atoms with Gasteiger partial charge in [-0.05, 0) is 42.7 Å². The van der Waals surface area contributed by atoms with Gasteiger partial charge in [-0.1, -0.05) is 47.3 Å². The molecule has 0 spiro atoms. The molecule has 0 aliphatic carbocycles. The Morgan fingerprint density at radius 2 is 2.10 bits per heavy atom. The molecule has 0 amide bonds. The zero-order valence-electron chi connectivity index (χ0n) is 12.6. The van der Waals surface area contributed by atoms with Crippen LogP contribution in [0.5, 0.6) is 0 Å². The van der Waals surface area contributed by atoms with Gasteiger partial charge >= 0.3 is 0 Å². The van der Waals surface area contributed by atoms with Crippen molar-refractivity contribution in [2.75, 3.05) is 7.05 Å². The van der Waals surface area contributed by atoms with Gasteiger partial charge in [0.25, 0.3) is 0 Å². The monoisotopic (exact) mass is 371 g/mol. The fraction of sp³-hybridized carbons (Fsp3) is 0.467. The molecule has 0 aliphatic rings. The first-order valence-electron chi connectivity index (χ1n) is 6.77. The molecule has 0 bridgehead atoms. The minimum Gasteiger partial charge on any atom is -0.312 e. The summed E-state index contributed by atoms with van der Waals surface area (Å²) < 4.78 is 18.1. The summed E-state index contributed by atoms with van der Waals surface area (Å²) in [6, 6.07) is 4.91. The molecule has 21 heavy (non-hydrogen) atoms. The summed E-state index contributed by atoms with van der Waals surface area (Å²) in [5.41, 5.74) is 2.03. The molecule has 2 rings (SSSR count). The van der Waals surface area contributed by atoms with Crippen LogP contribution in [-0.4, -0.2) is 16.6 Å². The maximum Gasteiger partial charge on any atom is 0.124 e. The normalized spacial score (nSPS) is 13.4. The SMILES string of the molecule is CNC(Cc1ccc(F)cc1Br)c1snnc1C(C)(C)C. The van der Waals surface area contributed by atoms with Crippen LogP contribution in [0.4, 0.5) is 4.39 Å². The van der Waals surface area contributed by atoms with Crippen LogP contribution >= 0.6 is 27.5 Å². The van der Waals surface area contributed by atoms with Crippen LogP contribution in [0.1, 0.15) is 42.9 Å². The summed E-state index contributed by atoms with van der Waals surface area (Å²) in [5.74, 6) is -0.235. The van der Waals surface area contributed by atoms with E-state index in [1.807, 2.05) is 13.1 Å². The maximum atomic E-state index is 13.2. The summed E-state index contributed by atoms with van der Waals surface area (Å²) in [4.78, 5) is 1.14. The molecule has 0 radical (unpaired) electrons. The van der Waals surface area contributed by atoms with Crippen molar-refractivity contribution >= 4 is 27.5 Å². The molecular formula is C15H19BrFN3S. The number of hydrogen-bond donors (Lipinski definition) is 1. The minimum absolute atomic E-state index is 0.0442. The van der Waals surface area contributed by atoms with Gasteiger partial charge in [0, 0.05) is 15.9 Å². The van der Waals surface area contributed by atoms with Crippen molar-refractivity contribution in [3.63, 3.8) is 0 Å². The van der Waals surface area contributed by atoms with E-state index in [0.717, 1.165) is 27.0 Å². The van der Waals surface area contributed by atoms with E-state index in [4.69, 9.17) is 0 Å². The number of hydrogen-bond acceptors (Lipinski definition) is 4. The average Bonchev–Trinajstić information content (AvgIpc) is 2.87. The first-order chi connectivity index (χ1) is 9.82. The van der Waals surface area contributed by atoms with E-state index in [0.29, 0.717) is 0 Å². The van der Waals surface area contributed by atoms with Crippen LogP contribution in [0.3, 0.4) is 0 Å². The fourth-order valence-corrected chi connectivity index (χ4v) is 3.66. The van der Waals surface area contributed by atoms with Crippen molar-refractivity contribution in [3.05, 3.63) is 44.6 Å². The highest BCUT2D eigenvalue weighted by molar-refractivity contribution is 9.10. The van der Waals surface area contributed by atoms with E-state index in [-0.39, 0.29) is 17.3 Å². The number of aromatic nitrogens is 2. The minimum atomic E-state index is -0.235. The first kappa shape index (κ1) is 16.5. The Bertz CT molecular complexity index is 622. The summed E-state index contributed by atoms with van der Waals surface area (Å²) in [7, 11) is 1.92. The first-order valence-corrected chi connectivity index (χ1v) is 8.33. The third kappa shape index (κ3) is 3.87. The predicted octanol–water partition coefficient (Wildman–Crippen LogP) is 4.24. The van der Waals surface area contributed by atoms with Gasteiger partial charge in [0.1, 0.15) is 5.82 Å². The van der Waals surface area contributed by atoms with Gasteiger partial charge in [0.05, 0.1) is 10.6 Å². The highest BCUT2D eigenvalue weighted by Crippen LogP contribution is 2.33. The second kappa shape index (κ2) is 6.50. The highest BCUT2D eigenvalue weighted by atomic mass is 79.9. The number of nitrogens with zero attached hydrogens (tertiary/aromatic N) is 2. The Balaban J connectivity index is 2.31. The van der Waals surface area contributed by atoms with Crippen LogP contribution in [0.2, 0.25) is 0 Å². The molecule has 1 aromatic carbocycles. The highest BCUT2D eigenvalue weighted by Gasteiger charge is 2.27. The van der Waals surface area contributed by atoms with Crippen molar-refractivity contribution in [2.45, 2.75) is 38.6 Å². The molecule has 1 aromatic heterocycles. The zero-order valence-corrected chi connectivity index (χ0v) is 15.0. The maximum absolute atomic E-state index is 13.2. The third-order valence-electron chi connectivity index (χ3n) is 3.33. The molecule has 114 valence electrons. The number of likely N-dealkylation sites (N-methyl/N-ethyl adjacent to an activating group) is 1. The molecule has 6 heteroatoms. The molecule has 1 N–H and O–H groups in total. The van der Waals surface area contributed by atoms with Crippen molar-refractivity contribution < 1.29 is 4.39 Å². The molecule has 0 aliphatic heterocycles. The lowest BCUT2D eigenvalue weighted by Gasteiger charge is -2.22. The molecule has 1 atom stereocenters. The van der Waals surface area contributed by atoms with Gasteiger partial charge in [0.15, 0.2) is 0 Å². The summed E-state index contributed by atoms with van der Waals surface area (Å²) >= 11 is 4.85. The fourth-order valence-electron chi connectivity index (χ4n) is 2.18. The molecule has 1 unspecified atom stereocenters. The van der Waals surface area contributed by atoms with Gasteiger partial charge in [0.2, 0.25) is 0 Å². The quantitative estimate of drug-likeness (QED) is 0.873. The summed E-state index contributed by atoms with van der Waals surface area (Å²) in [6.07, 6.45) is 0.754. The Labute approximate surface area is 137 Å². The molecule has 0 saturated carbocycles. The lowest BCUT2D eigenvalue weighted by atomic mass is 9.89. The van der Waals surface area contributed by atoms with Gasteiger partial charge < -0.3 is 5.32 Å². The van der Waals surface area contributed by atoms with Crippen LogP contribution in [-0.2, 0) is 11.8 Å². The molecule has 0 saturated heterocycles. The topological polar surface area (TPSA) is 37.8 Å². The number of nitrogens with one attached hydrogen (secondary N) is 1. The Kier molecular flexibility index (Phi) is 5.11. The van der Waals surface area contributed by atoms with Crippen LogP contribution < -0.4 is 5.32 Å². The van der Waals surface area contributed by atoms with Crippen LogP contribution in [0.25, 0.3) is 0 Å². The second-order valence-corrected chi connectivity index (χ2v) is 7.66. The van der Waals surface area contributed by atoms with Crippen LogP contribution in [0, 0.1) is 5.82 Å². The van der Waals surface area contributed by atoms with Crippen molar-refractivity contribution in [1.29, 1.82) is 0 Å². The third-order valence-corrected chi connectivity index (χ3v) is 4.90. The van der Waals surface area contributed by atoms with E-state index in [2.05, 4.69) is 51.6 Å². The lowest BCUT2D eigenvalue weighted by Crippen LogP contribution is -2.23. The Hall–Kier alpha value is -0.850. The molecule has 1 heterocycles. The Morgan fingerprint density at radius 3 is 2.67 bits per heavy atom. The van der Waals surface area contributed by atoms with Gasteiger partial charge in [-0.25, -0.2) is 4.39 Å². The summed E-state index contributed by atoms with van der Waals surface area (Å²) in [5, 5.41) is 7.61. The number of rotatable bonds is 4. The largest absolute Gasteiger partial charge is 0.312 e. The average molecular weight is 372 g/mol. The lowest BCUT2D eigenvalue weighted by molar-refractivity contribution is 0.530. The number of halogens is 2. The standard InChI is InChI=1S/C15H19BrFN3S/c1-15(2,3)14-13(21-20-19-14)12(18-4)7-9-5-6-10(17)8-11(9)16/h5-6,8,12,18H,7H2,1-4H3. The van der Waals surface area contributed by atoms with Crippen molar-refractivity contribution in [3.8, 4) is 0 Å². The molecule has 0 fully saturated rings. The van der Waals surface area contributed by atoms with E-state index in [9.17, 15) is 4.39 Å². The van der Waals surface area contributed by atoms with E-state index in [1.165, 1.54) is 23.7 Å². The zero-order chi connectivity index (χ0) is 15.6. The van der Waals surface area contributed by atoms with E-state index in [1.54, 1.807) is 0 Å². The van der Waals surface area contributed by atoms with E-state index >= 15 is 0 Å². The van der Waals surface area contributed by atoms with Crippen molar-refractivity contribution in [2.24, 2.45) is 0 Å². The van der Waals surface area contributed by atoms with Crippen molar-refractivity contribution in [1.82, 2.24) is 14.9 Å². The van der Waals surface area contributed by atoms with Crippen LogP contribution in [0.15, 0.2) is 22.7 Å². The predicted molar refractivity (Wildman–Crippen MR) is 88.2 cm³/mol. The Morgan fingerprint density at radius 1 is 1.38 bits per heavy atom. The van der Waals surface area contributed by atoms with Gasteiger partial charge in [-0.15, -0.1) is 5.10 Å². The molecule has 3 nitrogen and oxygen atoms in total. The van der Waals surface area contributed by atoms with E-state index < -0.39 is 0 Å². The van der Waals surface area contributed by atoms with Gasteiger partial charge in [-0.3, -0.25) is 0 Å². The second-order valence-electron chi connectivity index (χ2n) is 6.02. The number of benzene rings is 1. The molecule has 2 aromatic rings. The van der Waals surface area contributed by atoms with Gasteiger partial charge in [-0.2, -0.15) is 0 Å². The summed E-state index contributed by atoms with van der Waals surface area (Å²) in [6.45, 7) is 6.40. The molecular weight excluding hydrogens is 353 g/mol. The smallest absolute Gasteiger partial charge is 0.124 e.